The molecule has 0 fully saturated rings. The smallest absolute Gasteiger partial charge is 0.0656 e. The van der Waals surface area contributed by atoms with Crippen LogP contribution in [0.5, 0.6) is 0 Å². The van der Waals surface area contributed by atoms with Gasteiger partial charge in [0.2, 0.25) is 0 Å². The minimum Gasteiger partial charge on any atom is -0.382 e. The van der Waals surface area contributed by atoms with Crippen LogP contribution in [0, 0.1) is 0 Å². The van der Waals surface area contributed by atoms with Crippen LogP contribution in [0.3, 0.4) is 0 Å². The van der Waals surface area contributed by atoms with E-state index in [2.05, 4.69) is 40.0 Å². The number of rotatable bonds is 19. The normalized spacial score (nSPS) is 14.3. The first-order valence-corrected chi connectivity index (χ1v) is 19.4. The molecule has 26 heavy (non-hydrogen) atoms. The zero-order valence-corrected chi connectivity index (χ0v) is 22.4. The molecule has 158 valence electrons. The lowest BCUT2D eigenvalue weighted by atomic mass is 10.3. The van der Waals surface area contributed by atoms with E-state index in [9.17, 15) is 0 Å². The molecule has 0 aliphatic rings. The fourth-order valence-corrected chi connectivity index (χ4v) is 8.21. The lowest BCUT2D eigenvalue weighted by Crippen LogP contribution is -2.29. The summed E-state index contributed by atoms with van der Waals surface area (Å²) in [5.74, 6) is 2.46. The maximum absolute atomic E-state index is 6.17. The Balaban J connectivity index is 3.79. The fraction of sp³-hybridized carbons (Fsp3) is 1.00. The van der Waals surface area contributed by atoms with Crippen LogP contribution in [0.15, 0.2) is 0 Å². The summed E-state index contributed by atoms with van der Waals surface area (Å²) in [7, 11) is 2.69. The van der Waals surface area contributed by atoms with Crippen molar-refractivity contribution in [3.63, 3.8) is 0 Å². The van der Waals surface area contributed by atoms with Crippen LogP contribution in [0.1, 0.15) is 65.2 Å². The lowest BCUT2D eigenvalue weighted by Gasteiger charge is -2.21. The number of ether oxygens (including phenoxy) is 2. The van der Waals surface area contributed by atoms with Crippen molar-refractivity contribution in [3.05, 3.63) is 0 Å². The summed E-state index contributed by atoms with van der Waals surface area (Å²) >= 11 is 0. The van der Waals surface area contributed by atoms with Crippen LogP contribution >= 0.6 is 21.6 Å². The van der Waals surface area contributed by atoms with Gasteiger partial charge in [0.25, 0.3) is 0 Å². The molecule has 0 aromatic carbocycles. The highest BCUT2D eigenvalue weighted by molar-refractivity contribution is 8.76. The van der Waals surface area contributed by atoms with E-state index in [1.165, 1.54) is 62.9 Å². The zero-order chi connectivity index (χ0) is 19.6. The molecule has 0 saturated carbocycles. The van der Waals surface area contributed by atoms with E-state index in [4.69, 9.17) is 9.47 Å². The highest BCUT2D eigenvalue weighted by Crippen LogP contribution is 2.25. The van der Waals surface area contributed by atoms with E-state index in [1.54, 1.807) is 0 Å². The van der Waals surface area contributed by atoms with Crippen molar-refractivity contribution in [2.75, 3.05) is 24.7 Å². The average Bonchev–Trinajstić information content (AvgIpc) is 2.60. The van der Waals surface area contributed by atoms with E-state index >= 15 is 0 Å². The SMILES string of the molecule is CCCCCOC(CCSSCCC(OCCCCC)[SiH](C)C)[SiH](C)C. The van der Waals surface area contributed by atoms with E-state index in [0.717, 1.165) is 13.2 Å². The Morgan fingerprint density at radius 2 is 1.04 bits per heavy atom. The predicted octanol–water partition coefficient (Wildman–Crippen LogP) is 6.35. The van der Waals surface area contributed by atoms with Crippen LogP contribution in [0.2, 0.25) is 26.2 Å². The molecule has 0 N–H and O–H groups in total. The van der Waals surface area contributed by atoms with Gasteiger partial charge in [-0.15, -0.1) is 0 Å². The summed E-state index contributed by atoms with van der Waals surface area (Å²) in [5, 5.41) is 0. The molecule has 0 heterocycles. The molecule has 0 aromatic heterocycles. The molecule has 0 spiro atoms. The number of hydrogen-bond donors (Lipinski definition) is 0. The Bertz CT molecular complexity index is 267. The van der Waals surface area contributed by atoms with Crippen molar-refractivity contribution in [2.45, 2.75) is 103 Å². The Hall–Kier alpha value is 1.05. The first-order chi connectivity index (χ1) is 12.5. The van der Waals surface area contributed by atoms with Gasteiger partial charge >= 0.3 is 0 Å². The van der Waals surface area contributed by atoms with Crippen molar-refractivity contribution < 1.29 is 9.47 Å². The van der Waals surface area contributed by atoms with Crippen molar-refractivity contribution >= 4 is 39.2 Å². The molecule has 0 aliphatic heterocycles. The van der Waals surface area contributed by atoms with Crippen molar-refractivity contribution in [3.8, 4) is 0 Å². The first-order valence-electron chi connectivity index (χ1n) is 11.0. The molecule has 6 heteroatoms. The second-order valence-electron chi connectivity index (χ2n) is 7.94. The average molecular weight is 439 g/mol. The van der Waals surface area contributed by atoms with Crippen molar-refractivity contribution in [1.82, 2.24) is 0 Å². The molecule has 0 aliphatic carbocycles. The molecule has 0 saturated heterocycles. The Kier molecular flexibility index (Phi) is 20.2. The lowest BCUT2D eigenvalue weighted by molar-refractivity contribution is 0.0973. The van der Waals surface area contributed by atoms with Gasteiger partial charge in [0, 0.05) is 36.2 Å². The number of hydrogen-bond acceptors (Lipinski definition) is 4. The minimum atomic E-state index is -0.704. The van der Waals surface area contributed by atoms with Gasteiger partial charge in [-0.1, -0.05) is 87.3 Å². The van der Waals surface area contributed by atoms with E-state index in [0.29, 0.717) is 11.5 Å². The molecule has 0 amide bonds. The first kappa shape index (κ1) is 27.1. The van der Waals surface area contributed by atoms with Gasteiger partial charge < -0.3 is 9.47 Å². The molecular formula is C20H46O2S2Si2. The second-order valence-corrected chi connectivity index (χ2v) is 17.1. The summed E-state index contributed by atoms with van der Waals surface area (Å²) in [6.45, 7) is 16.2. The van der Waals surface area contributed by atoms with Gasteiger partial charge in [-0.05, 0) is 25.7 Å². The van der Waals surface area contributed by atoms with Crippen LogP contribution in [0.25, 0.3) is 0 Å². The monoisotopic (exact) mass is 438 g/mol. The molecule has 0 rings (SSSR count). The second kappa shape index (κ2) is 19.4. The molecule has 0 aromatic rings. The topological polar surface area (TPSA) is 18.5 Å². The maximum atomic E-state index is 6.17. The van der Waals surface area contributed by atoms with E-state index < -0.39 is 17.6 Å². The quantitative estimate of drug-likeness (QED) is 0.133. The van der Waals surface area contributed by atoms with Gasteiger partial charge in [0.1, 0.15) is 0 Å². The zero-order valence-electron chi connectivity index (χ0n) is 18.4. The number of unbranched alkanes of at least 4 members (excludes halogenated alkanes) is 4. The molecule has 0 radical (unpaired) electrons. The molecule has 2 atom stereocenters. The summed E-state index contributed by atoms with van der Waals surface area (Å²) in [5.41, 5.74) is 1.13. The van der Waals surface area contributed by atoms with E-state index in [-0.39, 0.29) is 0 Å². The third kappa shape index (κ3) is 16.0. The van der Waals surface area contributed by atoms with Gasteiger partial charge in [-0.25, -0.2) is 0 Å². The van der Waals surface area contributed by atoms with Crippen LogP contribution in [0.4, 0.5) is 0 Å². The molecule has 2 nitrogen and oxygen atoms in total. The van der Waals surface area contributed by atoms with E-state index in [1.807, 2.05) is 21.6 Å². The summed E-state index contributed by atoms with van der Waals surface area (Å²) in [6.07, 6.45) is 10.1. The third-order valence-electron chi connectivity index (χ3n) is 4.70. The highest BCUT2D eigenvalue weighted by atomic mass is 33.1. The van der Waals surface area contributed by atoms with Gasteiger partial charge in [-0.3, -0.25) is 0 Å². The van der Waals surface area contributed by atoms with Gasteiger partial charge in [0.15, 0.2) is 0 Å². The summed E-state index contributed by atoms with van der Waals surface area (Å²) in [4.78, 5) is 0. The summed E-state index contributed by atoms with van der Waals surface area (Å²) < 4.78 is 12.3. The molecule has 2 unspecified atom stereocenters. The van der Waals surface area contributed by atoms with Crippen LogP contribution < -0.4 is 0 Å². The Morgan fingerprint density at radius 3 is 1.35 bits per heavy atom. The minimum absolute atomic E-state index is 0.567. The van der Waals surface area contributed by atoms with Gasteiger partial charge in [0.05, 0.1) is 17.6 Å². The predicted molar refractivity (Wildman–Crippen MR) is 130 cm³/mol. The standard InChI is InChI=1S/C20H46O2S2Si2/c1-7-9-11-15-21-19(25(3)4)13-17-23-24-18-14-20(26(5)6)22-16-12-10-8-2/h19-20,25-26H,7-18H2,1-6H3. The largest absolute Gasteiger partial charge is 0.382 e. The fourth-order valence-electron chi connectivity index (χ4n) is 2.84. The molecule has 0 bridgehead atoms. The summed E-state index contributed by atoms with van der Waals surface area (Å²) in [6, 6.07) is 0. The van der Waals surface area contributed by atoms with Gasteiger partial charge in [-0.2, -0.15) is 0 Å². The third-order valence-corrected chi connectivity index (χ3v) is 11.2. The molecular weight excluding hydrogens is 393 g/mol. The van der Waals surface area contributed by atoms with Crippen LogP contribution in [-0.4, -0.2) is 53.8 Å². The van der Waals surface area contributed by atoms with Crippen molar-refractivity contribution in [1.29, 1.82) is 0 Å². The Morgan fingerprint density at radius 1 is 0.654 bits per heavy atom. The highest BCUT2D eigenvalue weighted by Gasteiger charge is 2.16. The maximum Gasteiger partial charge on any atom is 0.0656 e. The van der Waals surface area contributed by atoms with Crippen LogP contribution in [-0.2, 0) is 9.47 Å². The Labute approximate surface area is 176 Å². The van der Waals surface area contributed by atoms with Crippen molar-refractivity contribution in [2.24, 2.45) is 0 Å².